The third kappa shape index (κ3) is 2.45. The lowest BCUT2D eigenvalue weighted by atomic mass is 10.2. The smallest absolute Gasteiger partial charge is 0.251 e. The van der Waals surface area contributed by atoms with Crippen molar-refractivity contribution in [2.45, 2.75) is 13.3 Å². The van der Waals surface area contributed by atoms with Gasteiger partial charge in [-0.1, -0.05) is 6.92 Å². The molecular weight excluding hydrogens is 180 g/mol. The lowest BCUT2D eigenvalue weighted by Crippen LogP contribution is -2.26. The van der Waals surface area contributed by atoms with Crippen molar-refractivity contribution in [2.75, 3.05) is 6.54 Å². The van der Waals surface area contributed by atoms with Gasteiger partial charge in [0.05, 0.1) is 0 Å². The van der Waals surface area contributed by atoms with Crippen LogP contribution in [-0.4, -0.2) is 17.0 Å². The Morgan fingerprint density at radius 3 is 2.86 bits per heavy atom. The molecule has 0 bridgehead atoms. The summed E-state index contributed by atoms with van der Waals surface area (Å²) in [4.78, 5) is 22.6. The fraction of sp³-hybridized carbons (Fsp3) is 0.400. The predicted octanol–water partition coefficient (Wildman–Crippen LogP) is 0.525. The van der Waals surface area contributed by atoms with Crippen LogP contribution in [0.3, 0.4) is 0 Å². The van der Waals surface area contributed by atoms with E-state index in [0.29, 0.717) is 12.1 Å². The molecule has 0 saturated carbocycles. The fourth-order valence-corrected chi connectivity index (χ4v) is 1.03. The first kappa shape index (κ1) is 10.5. The number of nitrogens with one attached hydrogen (secondary N) is 1. The Morgan fingerprint density at radius 2 is 2.29 bits per heavy atom. The Bertz CT molecular complexity index is 382. The number of nitrogens with zero attached hydrogens (tertiary/aromatic N) is 1. The number of carbonyl (C=O) groups excluding carboxylic acids is 1. The van der Waals surface area contributed by atoms with Gasteiger partial charge >= 0.3 is 0 Å². The van der Waals surface area contributed by atoms with Gasteiger partial charge in [-0.25, -0.2) is 0 Å². The van der Waals surface area contributed by atoms with E-state index in [2.05, 4.69) is 5.32 Å². The molecule has 14 heavy (non-hydrogen) atoms. The van der Waals surface area contributed by atoms with Crippen LogP contribution >= 0.6 is 0 Å². The Kier molecular flexibility index (Phi) is 3.45. The quantitative estimate of drug-likeness (QED) is 0.762. The molecule has 0 radical (unpaired) electrons. The van der Waals surface area contributed by atoms with E-state index in [4.69, 9.17) is 0 Å². The number of pyridine rings is 1. The molecule has 1 amide bonds. The molecule has 0 saturated heterocycles. The van der Waals surface area contributed by atoms with E-state index < -0.39 is 0 Å². The summed E-state index contributed by atoms with van der Waals surface area (Å²) in [6.07, 6.45) is 2.47. The summed E-state index contributed by atoms with van der Waals surface area (Å²) in [6.45, 7) is 2.61. The Labute approximate surface area is 82.6 Å². The SMILES string of the molecule is CCCNC(=O)c1ccn(C)c(=O)c1. The maximum absolute atomic E-state index is 11.4. The van der Waals surface area contributed by atoms with Crippen molar-refractivity contribution in [1.29, 1.82) is 0 Å². The van der Waals surface area contributed by atoms with E-state index in [0.717, 1.165) is 6.42 Å². The van der Waals surface area contributed by atoms with E-state index >= 15 is 0 Å². The van der Waals surface area contributed by atoms with E-state index in [1.54, 1.807) is 19.3 Å². The monoisotopic (exact) mass is 194 g/mol. The molecule has 0 aliphatic heterocycles. The number of aryl methyl sites for hydroxylation is 1. The summed E-state index contributed by atoms with van der Waals surface area (Å²) in [5.41, 5.74) is 0.246. The highest BCUT2D eigenvalue weighted by Crippen LogP contribution is 1.93. The molecule has 4 nitrogen and oxygen atoms in total. The first-order valence-electron chi connectivity index (χ1n) is 4.60. The van der Waals surface area contributed by atoms with Gasteiger partial charge in [0, 0.05) is 31.4 Å². The van der Waals surface area contributed by atoms with Crippen LogP contribution in [-0.2, 0) is 7.05 Å². The third-order valence-corrected chi connectivity index (χ3v) is 1.90. The number of hydrogen-bond donors (Lipinski definition) is 1. The van der Waals surface area contributed by atoms with Crippen LogP contribution in [0.15, 0.2) is 23.1 Å². The minimum atomic E-state index is -0.190. The van der Waals surface area contributed by atoms with Crippen molar-refractivity contribution in [3.63, 3.8) is 0 Å². The van der Waals surface area contributed by atoms with Crippen molar-refractivity contribution < 1.29 is 4.79 Å². The molecule has 1 rings (SSSR count). The van der Waals surface area contributed by atoms with Gasteiger partial charge < -0.3 is 9.88 Å². The molecule has 0 aliphatic carbocycles. The average molecular weight is 194 g/mol. The van der Waals surface area contributed by atoms with Gasteiger partial charge in [-0.15, -0.1) is 0 Å². The molecule has 0 fully saturated rings. The molecule has 1 N–H and O–H groups in total. The Hall–Kier alpha value is -1.58. The van der Waals surface area contributed by atoms with Crippen LogP contribution in [0.2, 0.25) is 0 Å². The molecule has 0 spiro atoms. The van der Waals surface area contributed by atoms with Gasteiger partial charge in [-0.3, -0.25) is 9.59 Å². The summed E-state index contributed by atoms with van der Waals surface area (Å²) >= 11 is 0. The highest BCUT2D eigenvalue weighted by atomic mass is 16.2. The molecule has 4 heteroatoms. The second kappa shape index (κ2) is 4.60. The van der Waals surface area contributed by atoms with Gasteiger partial charge in [0.1, 0.15) is 0 Å². The van der Waals surface area contributed by atoms with Gasteiger partial charge in [0.15, 0.2) is 0 Å². The van der Waals surface area contributed by atoms with E-state index in [1.807, 2.05) is 6.92 Å². The minimum absolute atomic E-state index is 0.172. The molecule has 76 valence electrons. The van der Waals surface area contributed by atoms with Crippen molar-refractivity contribution in [3.8, 4) is 0 Å². The van der Waals surface area contributed by atoms with Crippen molar-refractivity contribution in [3.05, 3.63) is 34.2 Å². The zero-order valence-electron chi connectivity index (χ0n) is 8.41. The van der Waals surface area contributed by atoms with E-state index in [9.17, 15) is 9.59 Å². The summed E-state index contributed by atoms with van der Waals surface area (Å²) in [7, 11) is 1.65. The van der Waals surface area contributed by atoms with Crippen LogP contribution in [0.4, 0.5) is 0 Å². The van der Waals surface area contributed by atoms with Crippen LogP contribution in [0.1, 0.15) is 23.7 Å². The van der Waals surface area contributed by atoms with Crippen LogP contribution < -0.4 is 10.9 Å². The molecule has 1 aromatic heterocycles. The van der Waals surface area contributed by atoms with Gasteiger partial charge in [-0.2, -0.15) is 0 Å². The lowest BCUT2D eigenvalue weighted by molar-refractivity contribution is 0.0953. The fourth-order valence-electron chi connectivity index (χ4n) is 1.03. The topological polar surface area (TPSA) is 51.1 Å². The highest BCUT2D eigenvalue weighted by Gasteiger charge is 2.04. The van der Waals surface area contributed by atoms with Crippen LogP contribution in [0, 0.1) is 0 Å². The van der Waals surface area contributed by atoms with E-state index in [-0.39, 0.29) is 11.5 Å². The zero-order valence-corrected chi connectivity index (χ0v) is 8.41. The minimum Gasteiger partial charge on any atom is -0.352 e. The Balaban J connectivity index is 2.81. The summed E-state index contributed by atoms with van der Waals surface area (Å²) in [5, 5.41) is 2.71. The highest BCUT2D eigenvalue weighted by molar-refractivity contribution is 5.93. The van der Waals surface area contributed by atoms with Crippen molar-refractivity contribution in [2.24, 2.45) is 7.05 Å². The normalized spacial score (nSPS) is 9.86. The maximum Gasteiger partial charge on any atom is 0.251 e. The number of aromatic nitrogens is 1. The second-order valence-corrected chi connectivity index (χ2v) is 3.12. The molecular formula is C10H14N2O2. The standard InChI is InChI=1S/C10H14N2O2/c1-3-5-11-10(14)8-4-6-12(2)9(13)7-8/h4,6-7H,3,5H2,1-2H3,(H,11,14). The number of amides is 1. The maximum atomic E-state index is 11.4. The lowest BCUT2D eigenvalue weighted by Gasteiger charge is -2.03. The molecule has 0 aliphatic rings. The summed E-state index contributed by atoms with van der Waals surface area (Å²) in [5.74, 6) is -0.190. The first-order chi connectivity index (χ1) is 6.65. The predicted molar refractivity (Wildman–Crippen MR) is 54.3 cm³/mol. The number of rotatable bonds is 3. The zero-order chi connectivity index (χ0) is 10.6. The van der Waals surface area contributed by atoms with Gasteiger partial charge in [0.2, 0.25) is 0 Å². The van der Waals surface area contributed by atoms with Gasteiger partial charge in [-0.05, 0) is 12.5 Å². The molecule has 1 heterocycles. The second-order valence-electron chi connectivity index (χ2n) is 3.12. The summed E-state index contributed by atoms with van der Waals surface area (Å²) < 4.78 is 1.43. The number of hydrogen-bond acceptors (Lipinski definition) is 2. The van der Waals surface area contributed by atoms with Crippen molar-refractivity contribution in [1.82, 2.24) is 9.88 Å². The third-order valence-electron chi connectivity index (χ3n) is 1.90. The first-order valence-corrected chi connectivity index (χ1v) is 4.60. The van der Waals surface area contributed by atoms with Crippen molar-refractivity contribution >= 4 is 5.91 Å². The molecule has 0 atom stereocenters. The van der Waals surface area contributed by atoms with Crippen LogP contribution in [0.5, 0.6) is 0 Å². The van der Waals surface area contributed by atoms with E-state index in [1.165, 1.54) is 10.6 Å². The number of carbonyl (C=O) groups is 1. The molecule has 1 aromatic rings. The Morgan fingerprint density at radius 1 is 1.57 bits per heavy atom. The van der Waals surface area contributed by atoms with Crippen LogP contribution in [0.25, 0.3) is 0 Å². The average Bonchev–Trinajstić information content (AvgIpc) is 2.18. The summed E-state index contributed by atoms with van der Waals surface area (Å²) in [6, 6.07) is 2.97. The van der Waals surface area contributed by atoms with Gasteiger partial charge in [0.25, 0.3) is 11.5 Å². The molecule has 0 aromatic carbocycles. The molecule has 0 unspecified atom stereocenters. The largest absolute Gasteiger partial charge is 0.352 e.